The van der Waals surface area contributed by atoms with E-state index in [-0.39, 0.29) is 12.1 Å². The molecule has 38 heavy (non-hydrogen) atoms. The van der Waals surface area contributed by atoms with Crippen molar-refractivity contribution in [2.24, 2.45) is 0 Å². The van der Waals surface area contributed by atoms with Gasteiger partial charge in [0.15, 0.2) is 11.5 Å². The van der Waals surface area contributed by atoms with Crippen LogP contribution in [0.4, 0.5) is 10.5 Å². The molecule has 0 bridgehead atoms. The Morgan fingerprint density at radius 2 is 1.42 bits per heavy atom. The molecule has 196 valence electrons. The average molecular weight is 509 g/mol. The maximum atomic E-state index is 13.6. The van der Waals surface area contributed by atoms with Crippen molar-refractivity contribution in [2.45, 2.75) is 45.9 Å². The number of hydrogen-bond donors (Lipinski definition) is 1. The van der Waals surface area contributed by atoms with Crippen LogP contribution in [-0.4, -0.2) is 18.0 Å². The van der Waals surface area contributed by atoms with Gasteiger partial charge in [-0.2, -0.15) is 0 Å². The summed E-state index contributed by atoms with van der Waals surface area (Å²) in [6.07, 6.45) is 0. The van der Waals surface area contributed by atoms with Crippen molar-refractivity contribution in [1.82, 2.24) is 4.90 Å². The third-order valence-electron chi connectivity index (χ3n) is 6.66. The van der Waals surface area contributed by atoms with Crippen LogP contribution in [0.15, 0.2) is 103 Å². The molecule has 0 saturated heterocycles. The van der Waals surface area contributed by atoms with Crippen LogP contribution in [0.1, 0.15) is 55.0 Å². The Hall–Kier alpha value is -4.25. The highest BCUT2D eigenvalue weighted by atomic mass is 16.5. The molecular formula is C33H36N2O3. The lowest BCUT2D eigenvalue weighted by molar-refractivity contribution is 0.189. The molecule has 0 saturated carbocycles. The zero-order valence-corrected chi connectivity index (χ0v) is 22.6. The summed E-state index contributed by atoms with van der Waals surface area (Å²) in [5, 5.41) is 3.09. The first kappa shape index (κ1) is 26.8. The molecule has 0 spiro atoms. The first-order valence-corrected chi connectivity index (χ1v) is 13.0. The molecule has 0 aromatic heterocycles. The summed E-state index contributed by atoms with van der Waals surface area (Å²) in [4.78, 5) is 15.4. The molecule has 1 N–H and O–H groups in total. The molecular weight excluding hydrogens is 472 g/mol. The van der Waals surface area contributed by atoms with Crippen LogP contribution in [0, 0.1) is 0 Å². The minimum atomic E-state index is -0.165. The Bertz CT molecular complexity index is 1310. The summed E-state index contributed by atoms with van der Waals surface area (Å²) < 4.78 is 11.7. The molecule has 4 rings (SSSR count). The number of amides is 2. The minimum Gasteiger partial charge on any atom is -0.493 e. The van der Waals surface area contributed by atoms with E-state index in [9.17, 15) is 4.79 Å². The van der Waals surface area contributed by atoms with E-state index < -0.39 is 0 Å². The Labute approximate surface area is 226 Å². The predicted molar refractivity (Wildman–Crippen MR) is 154 cm³/mol. The van der Waals surface area contributed by atoms with E-state index in [1.165, 1.54) is 5.56 Å². The molecule has 0 aliphatic heterocycles. The van der Waals surface area contributed by atoms with E-state index >= 15 is 0 Å². The summed E-state index contributed by atoms with van der Waals surface area (Å²) in [6.45, 7) is 7.21. The molecule has 4 aromatic carbocycles. The fourth-order valence-corrected chi connectivity index (χ4v) is 4.30. The van der Waals surface area contributed by atoms with E-state index in [0.717, 1.165) is 22.4 Å². The van der Waals surface area contributed by atoms with Crippen LogP contribution in [0.2, 0.25) is 0 Å². The number of rotatable bonds is 10. The molecule has 0 fully saturated rings. The second-order valence-electron chi connectivity index (χ2n) is 9.68. The third-order valence-corrected chi connectivity index (χ3v) is 6.66. The lowest BCUT2D eigenvalue weighted by Crippen LogP contribution is -2.36. The highest BCUT2D eigenvalue weighted by Crippen LogP contribution is 2.31. The Balaban J connectivity index is 1.54. The number of anilines is 1. The maximum absolute atomic E-state index is 13.6. The normalized spacial score (nSPS) is 11.6. The number of nitrogens with zero attached hydrogens (tertiary/aromatic N) is 1. The average Bonchev–Trinajstić information content (AvgIpc) is 2.96. The van der Waals surface area contributed by atoms with Gasteiger partial charge in [-0.05, 0) is 59.4 Å². The van der Waals surface area contributed by atoms with E-state index in [1.54, 1.807) is 7.11 Å². The molecule has 5 nitrogen and oxygen atoms in total. The van der Waals surface area contributed by atoms with Crippen LogP contribution in [0.25, 0.3) is 0 Å². The van der Waals surface area contributed by atoms with Crippen molar-refractivity contribution in [3.63, 3.8) is 0 Å². The zero-order chi connectivity index (χ0) is 26.9. The molecule has 0 radical (unpaired) electrons. The molecule has 5 heteroatoms. The van der Waals surface area contributed by atoms with Gasteiger partial charge in [-0.15, -0.1) is 0 Å². The largest absolute Gasteiger partial charge is 0.493 e. The van der Waals surface area contributed by atoms with Crippen molar-refractivity contribution in [1.29, 1.82) is 0 Å². The third kappa shape index (κ3) is 6.94. The molecule has 0 heterocycles. The number of nitrogens with one attached hydrogen (secondary N) is 1. The van der Waals surface area contributed by atoms with Gasteiger partial charge < -0.3 is 19.7 Å². The first-order valence-electron chi connectivity index (χ1n) is 13.0. The van der Waals surface area contributed by atoms with Gasteiger partial charge in [0.05, 0.1) is 13.2 Å². The van der Waals surface area contributed by atoms with Gasteiger partial charge >= 0.3 is 6.03 Å². The summed E-state index contributed by atoms with van der Waals surface area (Å²) in [7, 11) is 1.63. The van der Waals surface area contributed by atoms with E-state index in [0.29, 0.717) is 30.6 Å². The predicted octanol–water partition coefficient (Wildman–Crippen LogP) is 8.19. The van der Waals surface area contributed by atoms with Crippen molar-refractivity contribution < 1.29 is 14.3 Å². The highest BCUT2D eigenvalue weighted by molar-refractivity contribution is 5.89. The highest BCUT2D eigenvalue weighted by Gasteiger charge is 2.23. The summed E-state index contributed by atoms with van der Waals surface area (Å²) in [5.74, 6) is 1.73. The first-order chi connectivity index (χ1) is 18.4. The van der Waals surface area contributed by atoms with E-state index in [2.05, 4.69) is 31.3 Å². The van der Waals surface area contributed by atoms with Gasteiger partial charge in [0.1, 0.15) is 6.61 Å². The fraction of sp³-hybridized carbons (Fsp3) is 0.242. The quantitative estimate of drug-likeness (QED) is 0.235. The van der Waals surface area contributed by atoms with E-state index in [1.807, 2.05) is 103 Å². The summed E-state index contributed by atoms with van der Waals surface area (Å²) >= 11 is 0. The number of carbonyl (C=O) groups is 1. The van der Waals surface area contributed by atoms with Crippen LogP contribution >= 0.6 is 0 Å². The van der Waals surface area contributed by atoms with Crippen LogP contribution in [-0.2, 0) is 13.2 Å². The number of methoxy groups -OCH3 is 1. The monoisotopic (exact) mass is 508 g/mol. The molecule has 0 aliphatic rings. The molecule has 4 aromatic rings. The zero-order valence-electron chi connectivity index (χ0n) is 22.6. The SMILES string of the molecule is COc1cc(CN(C(=O)Nc2ccc(C(C)C)cc2)C(C)c2ccccc2)ccc1OCc1ccccc1. The Morgan fingerprint density at radius 1 is 0.763 bits per heavy atom. The van der Waals surface area contributed by atoms with Crippen LogP contribution in [0.3, 0.4) is 0 Å². The number of ether oxygens (including phenoxy) is 2. The Morgan fingerprint density at radius 3 is 2.05 bits per heavy atom. The lowest BCUT2D eigenvalue weighted by Gasteiger charge is -2.30. The number of hydrogen-bond acceptors (Lipinski definition) is 3. The maximum Gasteiger partial charge on any atom is 0.322 e. The smallest absolute Gasteiger partial charge is 0.322 e. The lowest BCUT2D eigenvalue weighted by atomic mass is 10.0. The second kappa shape index (κ2) is 12.8. The summed E-state index contributed by atoms with van der Waals surface area (Å²) in [6, 6.07) is 33.6. The van der Waals surface area contributed by atoms with Crippen molar-refractivity contribution in [3.8, 4) is 11.5 Å². The van der Waals surface area contributed by atoms with Gasteiger partial charge in [0.25, 0.3) is 0 Å². The van der Waals surface area contributed by atoms with Gasteiger partial charge in [-0.25, -0.2) is 4.79 Å². The minimum absolute atomic E-state index is 0.147. The van der Waals surface area contributed by atoms with Crippen molar-refractivity contribution >= 4 is 11.7 Å². The summed E-state index contributed by atoms with van der Waals surface area (Å²) in [5.41, 5.74) is 5.10. The second-order valence-corrected chi connectivity index (χ2v) is 9.68. The molecule has 1 unspecified atom stereocenters. The van der Waals surface area contributed by atoms with E-state index in [4.69, 9.17) is 9.47 Å². The van der Waals surface area contributed by atoms with Gasteiger partial charge in [0.2, 0.25) is 0 Å². The van der Waals surface area contributed by atoms with Gasteiger partial charge in [-0.3, -0.25) is 0 Å². The van der Waals surface area contributed by atoms with Gasteiger partial charge in [0, 0.05) is 12.2 Å². The van der Waals surface area contributed by atoms with Gasteiger partial charge in [-0.1, -0.05) is 92.7 Å². The van der Waals surface area contributed by atoms with Crippen molar-refractivity contribution in [3.05, 3.63) is 125 Å². The standard InChI is InChI=1S/C33H36N2O3/c1-24(2)28-16-18-30(19-17-28)34-33(36)35(25(3)29-13-9-6-10-14-29)22-27-15-20-31(32(21-27)37-4)38-23-26-11-7-5-8-12-26/h5-21,24-25H,22-23H2,1-4H3,(H,34,36). The number of benzene rings is 4. The van der Waals surface area contributed by atoms with Crippen LogP contribution < -0.4 is 14.8 Å². The van der Waals surface area contributed by atoms with Crippen molar-refractivity contribution in [2.75, 3.05) is 12.4 Å². The number of urea groups is 1. The molecule has 2 amide bonds. The number of carbonyl (C=O) groups excluding carboxylic acids is 1. The fourth-order valence-electron chi connectivity index (χ4n) is 4.30. The topological polar surface area (TPSA) is 50.8 Å². The molecule has 0 aliphatic carbocycles. The molecule has 1 atom stereocenters. The van der Waals surface area contributed by atoms with Crippen LogP contribution in [0.5, 0.6) is 11.5 Å². The Kier molecular flexibility index (Phi) is 9.04.